The molecule has 1 aromatic carbocycles. The number of ether oxygens (including phenoxy) is 2. The third-order valence-corrected chi connectivity index (χ3v) is 2.84. The molecule has 84 valence electrons. The van der Waals surface area contributed by atoms with Gasteiger partial charge in [-0.25, -0.2) is 0 Å². The number of rotatable bonds is 3. The van der Waals surface area contributed by atoms with Gasteiger partial charge in [-0.15, -0.1) is 0 Å². The fraction of sp³-hybridized carbons (Fsp3) is 0.333. The minimum atomic E-state index is 0.203. The van der Waals surface area contributed by atoms with E-state index >= 15 is 0 Å². The van der Waals surface area contributed by atoms with Crippen molar-refractivity contribution < 1.29 is 14.6 Å². The summed E-state index contributed by atoms with van der Waals surface area (Å²) in [6.07, 6.45) is 0.239. The first-order valence-corrected chi connectivity index (χ1v) is 5.30. The Labute approximate surface area is 92.8 Å². The second kappa shape index (κ2) is 3.42. The summed E-state index contributed by atoms with van der Waals surface area (Å²) >= 11 is 0. The Morgan fingerprint density at radius 1 is 1.56 bits per heavy atom. The molecular formula is C12H13NO3. The van der Waals surface area contributed by atoms with E-state index in [-0.39, 0.29) is 12.0 Å². The van der Waals surface area contributed by atoms with E-state index in [1.54, 1.807) is 0 Å². The minimum Gasteiger partial charge on any atom is -0.494 e. The van der Waals surface area contributed by atoms with Crippen LogP contribution in [0.1, 0.15) is 5.56 Å². The zero-order valence-corrected chi connectivity index (χ0v) is 8.99. The highest BCUT2D eigenvalue weighted by molar-refractivity contribution is 5.91. The summed E-state index contributed by atoms with van der Waals surface area (Å²) in [6, 6.07) is 5.73. The zero-order valence-electron chi connectivity index (χ0n) is 8.99. The van der Waals surface area contributed by atoms with Gasteiger partial charge in [0.2, 0.25) is 0 Å². The molecule has 1 aliphatic heterocycles. The number of aromatic amines is 1. The summed E-state index contributed by atoms with van der Waals surface area (Å²) < 4.78 is 10.8. The van der Waals surface area contributed by atoms with Gasteiger partial charge in [0.25, 0.3) is 0 Å². The smallest absolute Gasteiger partial charge is 0.192 e. The molecule has 1 aliphatic rings. The number of aryl methyl sites for hydroxylation is 1. The number of nitrogens with one attached hydrogen (secondary N) is 1. The summed E-state index contributed by atoms with van der Waals surface area (Å²) in [4.78, 5) is 2.91. The summed E-state index contributed by atoms with van der Waals surface area (Å²) in [6.45, 7) is 3.23. The van der Waals surface area contributed by atoms with Gasteiger partial charge in [0.1, 0.15) is 18.5 Å². The van der Waals surface area contributed by atoms with E-state index in [1.807, 2.05) is 25.1 Å². The third-order valence-electron chi connectivity index (χ3n) is 2.84. The van der Waals surface area contributed by atoms with Crippen molar-refractivity contribution >= 4 is 10.9 Å². The van der Waals surface area contributed by atoms with Gasteiger partial charge in [0, 0.05) is 10.9 Å². The highest BCUT2D eigenvalue weighted by Gasteiger charge is 2.23. The van der Waals surface area contributed by atoms with Gasteiger partial charge in [0.05, 0.1) is 12.1 Å². The van der Waals surface area contributed by atoms with Crippen LogP contribution in [0.15, 0.2) is 18.2 Å². The van der Waals surface area contributed by atoms with Crippen molar-refractivity contribution in [1.82, 2.24) is 4.98 Å². The first-order valence-electron chi connectivity index (χ1n) is 5.30. The monoisotopic (exact) mass is 219 g/mol. The maximum absolute atomic E-state index is 9.62. The van der Waals surface area contributed by atoms with Gasteiger partial charge in [-0.2, -0.15) is 0 Å². The van der Waals surface area contributed by atoms with E-state index in [1.165, 1.54) is 0 Å². The van der Waals surface area contributed by atoms with Crippen molar-refractivity contribution in [3.8, 4) is 11.6 Å². The Bertz CT molecular complexity index is 528. The number of epoxide rings is 1. The lowest BCUT2D eigenvalue weighted by Crippen LogP contribution is -2.04. The Hall–Kier alpha value is -1.68. The number of H-pyrrole nitrogens is 1. The molecule has 1 unspecified atom stereocenters. The van der Waals surface area contributed by atoms with Gasteiger partial charge in [-0.3, -0.25) is 0 Å². The third kappa shape index (κ3) is 1.51. The molecule has 4 heteroatoms. The van der Waals surface area contributed by atoms with E-state index in [9.17, 15) is 5.11 Å². The van der Waals surface area contributed by atoms with E-state index in [4.69, 9.17) is 9.47 Å². The molecule has 1 fully saturated rings. The zero-order chi connectivity index (χ0) is 11.1. The molecule has 3 rings (SSSR count). The van der Waals surface area contributed by atoms with Crippen LogP contribution in [0.5, 0.6) is 11.6 Å². The lowest BCUT2D eigenvalue weighted by atomic mass is 10.1. The quantitative estimate of drug-likeness (QED) is 0.776. The Balaban J connectivity index is 2.01. The Morgan fingerprint density at radius 2 is 2.38 bits per heavy atom. The molecule has 0 aliphatic carbocycles. The molecule has 0 spiro atoms. The van der Waals surface area contributed by atoms with Crippen molar-refractivity contribution in [3.05, 3.63) is 23.8 Å². The maximum Gasteiger partial charge on any atom is 0.192 e. The van der Waals surface area contributed by atoms with Crippen LogP contribution < -0.4 is 4.74 Å². The average Bonchev–Trinajstić information content (AvgIpc) is 3.05. The molecule has 0 radical (unpaired) electrons. The van der Waals surface area contributed by atoms with Crippen molar-refractivity contribution in [2.75, 3.05) is 13.2 Å². The Kier molecular flexibility index (Phi) is 2.04. The minimum absolute atomic E-state index is 0.203. The van der Waals surface area contributed by atoms with Crippen LogP contribution in [0.25, 0.3) is 10.9 Å². The van der Waals surface area contributed by atoms with Crippen LogP contribution in [0.4, 0.5) is 0 Å². The van der Waals surface area contributed by atoms with E-state index in [0.717, 1.165) is 28.8 Å². The fourth-order valence-corrected chi connectivity index (χ4v) is 1.83. The molecule has 1 saturated heterocycles. The predicted molar refractivity (Wildman–Crippen MR) is 59.9 cm³/mol. The predicted octanol–water partition coefficient (Wildman–Crippen LogP) is 1.96. The molecule has 0 bridgehead atoms. The second-order valence-corrected chi connectivity index (χ2v) is 4.04. The van der Waals surface area contributed by atoms with Crippen LogP contribution in [-0.2, 0) is 4.74 Å². The van der Waals surface area contributed by atoms with Crippen molar-refractivity contribution in [3.63, 3.8) is 0 Å². The summed E-state index contributed by atoms with van der Waals surface area (Å²) in [5, 5.41) is 10.6. The molecule has 0 amide bonds. The molecule has 2 heterocycles. The Morgan fingerprint density at radius 3 is 3.12 bits per heavy atom. The fourth-order valence-electron chi connectivity index (χ4n) is 1.83. The maximum atomic E-state index is 9.62. The molecular weight excluding hydrogens is 206 g/mol. The van der Waals surface area contributed by atoms with Crippen LogP contribution in [0.2, 0.25) is 0 Å². The number of aromatic hydroxyl groups is 1. The topological polar surface area (TPSA) is 57.8 Å². The molecule has 2 N–H and O–H groups in total. The highest BCUT2D eigenvalue weighted by atomic mass is 16.6. The van der Waals surface area contributed by atoms with E-state index in [0.29, 0.717) is 6.61 Å². The standard InChI is InChI=1S/C12H13NO3/c1-7-11-9(13-12(7)14)3-2-4-10(11)16-6-8-5-15-8/h2-4,8,13-14H,5-6H2,1H3. The lowest BCUT2D eigenvalue weighted by Gasteiger charge is -2.06. The number of benzene rings is 1. The lowest BCUT2D eigenvalue weighted by molar-refractivity contribution is 0.265. The molecule has 1 aromatic heterocycles. The average molecular weight is 219 g/mol. The van der Waals surface area contributed by atoms with E-state index < -0.39 is 0 Å². The summed E-state index contributed by atoms with van der Waals surface area (Å²) in [5.41, 5.74) is 1.71. The van der Waals surface area contributed by atoms with Crippen molar-refractivity contribution in [2.45, 2.75) is 13.0 Å². The molecule has 1 atom stereocenters. The largest absolute Gasteiger partial charge is 0.494 e. The number of hydrogen-bond acceptors (Lipinski definition) is 3. The number of fused-ring (bicyclic) bond motifs is 1. The molecule has 0 saturated carbocycles. The SMILES string of the molecule is Cc1c(O)[nH]c2cccc(OCC3CO3)c12. The molecule has 4 nitrogen and oxygen atoms in total. The van der Waals surface area contributed by atoms with Crippen LogP contribution >= 0.6 is 0 Å². The summed E-state index contributed by atoms with van der Waals surface area (Å²) in [5.74, 6) is 0.996. The normalized spacial score (nSPS) is 18.9. The second-order valence-electron chi connectivity index (χ2n) is 4.04. The van der Waals surface area contributed by atoms with Crippen molar-refractivity contribution in [1.29, 1.82) is 0 Å². The van der Waals surface area contributed by atoms with Crippen LogP contribution in [0.3, 0.4) is 0 Å². The molecule has 16 heavy (non-hydrogen) atoms. The number of aromatic nitrogens is 1. The van der Waals surface area contributed by atoms with E-state index in [2.05, 4.69) is 4.98 Å². The van der Waals surface area contributed by atoms with Gasteiger partial charge in [-0.1, -0.05) is 6.07 Å². The molecule has 2 aromatic rings. The summed E-state index contributed by atoms with van der Waals surface area (Å²) in [7, 11) is 0. The van der Waals surface area contributed by atoms with Gasteiger partial charge in [-0.05, 0) is 19.1 Å². The van der Waals surface area contributed by atoms with Gasteiger partial charge >= 0.3 is 0 Å². The van der Waals surface area contributed by atoms with Crippen LogP contribution in [0, 0.1) is 6.92 Å². The first kappa shape index (κ1) is 9.54. The van der Waals surface area contributed by atoms with Crippen molar-refractivity contribution in [2.24, 2.45) is 0 Å². The number of hydrogen-bond donors (Lipinski definition) is 2. The van der Waals surface area contributed by atoms with Gasteiger partial charge < -0.3 is 19.6 Å². The first-order chi connectivity index (χ1) is 7.75. The highest BCUT2D eigenvalue weighted by Crippen LogP contribution is 2.33. The van der Waals surface area contributed by atoms with Crippen LogP contribution in [-0.4, -0.2) is 29.4 Å². The van der Waals surface area contributed by atoms with Gasteiger partial charge in [0.15, 0.2) is 5.88 Å².